The molecular formula is C20H40O3. The molecule has 0 aromatic carbocycles. The van der Waals surface area contributed by atoms with Gasteiger partial charge in [-0.15, -0.1) is 0 Å². The van der Waals surface area contributed by atoms with E-state index in [1.54, 1.807) is 0 Å². The van der Waals surface area contributed by atoms with Crippen molar-refractivity contribution in [3.05, 3.63) is 12.2 Å². The van der Waals surface area contributed by atoms with Crippen LogP contribution < -0.4 is 0 Å². The molecule has 0 aromatic rings. The van der Waals surface area contributed by atoms with Crippen LogP contribution in [0, 0.1) is 5.92 Å². The summed E-state index contributed by atoms with van der Waals surface area (Å²) in [5.74, 6) is -0.439. The monoisotopic (exact) mass is 328 g/mol. The summed E-state index contributed by atoms with van der Waals surface area (Å²) in [5.41, 5.74) is 0. The first-order valence-corrected chi connectivity index (χ1v) is 9.76. The van der Waals surface area contributed by atoms with E-state index in [1.807, 2.05) is 20.8 Å². The number of hydrogen-bond donors (Lipinski definition) is 0. The molecule has 0 rings (SSSR count). The van der Waals surface area contributed by atoms with Crippen molar-refractivity contribution < 1.29 is 14.2 Å². The molecular weight excluding hydrogens is 288 g/mol. The van der Waals surface area contributed by atoms with Crippen LogP contribution in [0.5, 0.6) is 0 Å². The van der Waals surface area contributed by atoms with Crippen molar-refractivity contribution in [2.24, 2.45) is 5.92 Å². The maximum Gasteiger partial charge on any atom is 0.283 e. The molecule has 0 aliphatic rings. The third-order valence-corrected chi connectivity index (χ3v) is 3.93. The van der Waals surface area contributed by atoms with Crippen molar-refractivity contribution in [1.82, 2.24) is 0 Å². The molecule has 1 unspecified atom stereocenters. The minimum atomic E-state index is -0.885. The number of ether oxygens (including phenoxy) is 3. The molecule has 1 atom stereocenters. The molecule has 0 spiro atoms. The molecule has 23 heavy (non-hydrogen) atoms. The van der Waals surface area contributed by atoms with Crippen molar-refractivity contribution in [3.63, 3.8) is 0 Å². The average Bonchev–Trinajstić information content (AvgIpc) is 2.53. The van der Waals surface area contributed by atoms with Crippen molar-refractivity contribution in [2.45, 2.75) is 92.0 Å². The Morgan fingerprint density at radius 2 is 1.35 bits per heavy atom. The summed E-state index contributed by atoms with van der Waals surface area (Å²) in [7, 11) is 0. The van der Waals surface area contributed by atoms with Gasteiger partial charge in [0.25, 0.3) is 5.97 Å². The van der Waals surface area contributed by atoms with Gasteiger partial charge in [-0.2, -0.15) is 0 Å². The van der Waals surface area contributed by atoms with E-state index in [0.29, 0.717) is 25.7 Å². The van der Waals surface area contributed by atoms with Gasteiger partial charge in [0.2, 0.25) is 0 Å². The summed E-state index contributed by atoms with van der Waals surface area (Å²) < 4.78 is 17.7. The molecule has 0 radical (unpaired) electrons. The number of hydrogen-bond acceptors (Lipinski definition) is 3. The quantitative estimate of drug-likeness (QED) is 0.195. The predicted molar refractivity (Wildman–Crippen MR) is 98.5 cm³/mol. The summed E-state index contributed by atoms with van der Waals surface area (Å²) in [6.45, 7) is 12.2. The Morgan fingerprint density at radius 1 is 0.783 bits per heavy atom. The van der Waals surface area contributed by atoms with Gasteiger partial charge in [-0.05, 0) is 39.5 Å². The lowest BCUT2D eigenvalue weighted by molar-refractivity contribution is -0.382. The second-order valence-corrected chi connectivity index (χ2v) is 5.99. The molecule has 0 amide bonds. The third-order valence-electron chi connectivity index (χ3n) is 3.93. The number of rotatable bonds is 16. The highest BCUT2D eigenvalue weighted by Crippen LogP contribution is 2.29. The Morgan fingerprint density at radius 3 is 1.83 bits per heavy atom. The molecule has 0 fully saturated rings. The van der Waals surface area contributed by atoms with Crippen LogP contribution >= 0.6 is 0 Å². The standard InChI is InChI=1S/C20H40O3/c1-6-11-13-14-15-17-19(16-12-7-2)18-20(21-8-3,22-9-4)23-10-5/h12,16,19H,6-11,13-15,17-18H2,1-5H3. The SMILES string of the molecule is CCC=CC(CCCCCCC)CC(OCC)(OCC)OCC. The first-order chi connectivity index (χ1) is 11.2. The van der Waals surface area contributed by atoms with E-state index in [9.17, 15) is 0 Å². The second kappa shape index (κ2) is 15.2. The fourth-order valence-electron chi connectivity index (χ4n) is 2.89. The zero-order valence-electron chi connectivity index (χ0n) is 16.2. The van der Waals surface area contributed by atoms with Gasteiger partial charge in [0, 0.05) is 26.2 Å². The van der Waals surface area contributed by atoms with E-state index in [0.717, 1.165) is 12.8 Å². The molecule has 0 aromatic heterocycles. The van der Waals surface area contributed by atoms with Crippen LogP contribution in [0.3, 0.4) is 0 Å². The minimum absolute atomic E-state index is 0.446. The summed E-state index contributed by atoms with van der Waals surface area (Å²) in [6, 6.07) is 0. The molecule has 0 saturated carbocycles. The Balaban J connectivity index is 4.72. The van der Waals surface area contributed by atoms with Crippen LogP contribution in [-0.4, -0.2) is 25.8 Å². The molecule has 0 bridgehead atoms. The molecule has 0 N–H and O–H groups in total. The van der Waals surface area contributed by atoms with Crippen LogP contribution in [0.1, 0.15) is 86.0 Å². The average molecular weight is 329 g/mol. The molecule has 0 aliphatic carbocycles. The van der Waals surface area contributed by atoms with E-state index >= 15 is 0 Å². The number of allylic oxidation sites excluding steroid dienone is 2. The van der Waals surface area contributed by atoms with Crippen LogP contribution in [0.2, 0.25) is 0 Å². The first-order valence-electron chi connectivity index (χ1n) is 9.76. The van der Waals surface area contributed by atoms with Gasteiger partial charge in [0.15, 0.2) is 0 Å². The second-order valence-electron chi connectivity index (χ2n) is 5.99. The van der Waals surface area contributed by atoms with E-state index in [1.165, 1.54) is 38.5 Å². The van der Waals surface area contributed by atoms with Gasteiger partial charge >= 0.3 is 0 Å². The smallest absolute Gasteiger partial charge is 0.283 e. The van der Waals surface area contributed by atoms with Crippen molar-refractivity contribution in [1.29, 1.82) is 0 Å². The Kier molecular flexibility index (Phi) is 14.9. The van der Waals surface area contributed by atoms with Gasteiger partial charge in [-0.1, -0.05) is 58.1 Å². The van der Waals surface area contributed by atoms with Gasteiger partial charge in [-0.3, -0.25) is 0 Å². The van der Waals surface area contributed by atoms with Crippen LogP contribution in [-0.2, 0) is 14.2 Å². The summed E-state index contributed by atoms with van der Waals surface area (Å²) >= 11 is 0. The fourth-order valence-corrected chi connectivity index (χ4v) is 2.89. The highest BCUT2D eigenvalue weighted by atomic mass is 16.9. The molecule has 0 heterocycles. The highest BCUT2D eigenvalue weighted by molar-refractivity contribution is 4.89. The third kappa shape index (κ3) is 10.9. The molecule has 3 nitrogen and oxygen atoms in total. The fraction of sp³-hybridized carbons (Fsp3) is 0.900. The molecule has 3 heteroatoms. The topological polar surface area (TPSA) is 27.7 Å². The van der Waals surface area contributed by atoms with E-state index in [4.69, 9.17) is 14.2 Å². The Hall–Kier alpha value is -0.380. The van der Waals surface area contributed by atoms with Crippen LogP contribution in [0.15, 0.2) is 12.2 Å². The Bertz CT molecular complexity index is 259. The van der Waals surface area contributed by atoms with Crippen molar-refractivity contribution in [3.8, 4) is 0 Å². The highest BCUT2D eigenvalue weighted by Gasteiger charge is 2.34. The largest absolute Gasteiger partial charge is 0.328 e. The maximum atomic E-state index is 5.89. The van der Waals surface area contributed by atoms with Gasteiger partial charge < -0.3 is 14.2 Å². The lowest BCUT2D eigenvalue weighted by atomic mass is 9.95. The van der Waals surface area contributed by atoms with Gasteiger partial charge in [0.05, 0.1) is 0 Å². The zero-order valence-corrected chi connectivity index (χ0v) is 16.2. The van der Waals surface area contributed by atoms with Gasteiger partial charge in [0.1, 0.15) is 0 Å². The van der Waals surface area contributed by atoms with E-state index < -0.39 is 5.97 Å². The lowest BCUT2D eigenvalue weighted by Crippen LogP contribution is -2.41. The molecule has 138 valence electrons. The van der Waals surface area contributed by atoms with E-state index in [2.05, 4.69) is 26.0 Å². The van der Waals surface area contributed by atoms with Crippen LogP contribution in [0.4, 0.5) is 0 Å². The minimum Gasteiger partial charge on any atom is -0.328 e. The lowest BCUT2D eigenvalue weighted by Gasteiger charge is -2.34. The van der Waals surface area contributed by atoms with Crippen molar-refractivity contribution in [2.75, 3.05) is 19.8 Å². The predicted octanol–water partition coefficient (Wildman–Crippen LogP) is 6.08. The van der Waals surface area contributed by atoms with E-state index in [-0.39, 0.29) is 0 Å². The van der Waals surface area contributed by atoms with Gasteiger partial charge in [-0.25, -0.2) is 0 Å². The zero-order chi connectivity index (χ0) is 17.4. The van der Waals surface area contributed by atoms with Crippen molar-refractivity contribution >= 4 is 0 Å². The normalized spacial score (nSPS) is 13.8. The summed E-state index contributed by atoms with van der Waals surface area (Å²) in [6.07, 6.45) is 14.1. The molecule has 0 saturated heterocycles. The molecule has 0 aliphatic heterocycles. The maximum absolute atomic E-state index is 5.89. The summed E-state index contributed by atoms with van der Waals surface area (Å²) in [4.78, 5) is 0. The summed E-state index contributed by atoms with van der Waals surface area (Å²) in [5, 5.41) is 0. The first kappa shape index (κ1) is 22.6. The Labute approximate surface area is 144 Å². The number of unbranched alkanes of at least 4 members (excludes halogenated alkanes) is 4. The van der Waals surface area contributed by atoms with Crippen LogP contribution in [0.25, 0.3) is 0 Å².